The predicted molar refractivity (Wildman–Crippen MR) is 136 cm³/mol. The Morgan fingerprint density at radius 1 is 0.771 bits per heavy atom. The van der Waals surface area contributed by atoms with Gasteiger partial charge in [0.1, 0.15) is 5.78 Å². The summed E-state index contributed by atoms with van der Waals surface area (Å²) in [4.78, 5) is 27.6. The van der Waals surface area contributed by atoms with Crippen LogP contribution in [-0.2, 0) is 19.1 Å². The summed E-state index contributed by atoms with van der Waals surface area (Å²) < 4.78 is 12.4. The quantitative estimate of drug-likeness (QED) is 0.461. The second-order valence-corrected chi connectivity index (χ2v) is 13.8. The van der Waals surface area contributed by atoms with E-state index in [0.29, 0.717) is 29.8 Å². The first kappa shape index (κ1) is 24.3. The number of allylic oxidation sites excluding steroid dienone is 2. The standard InChI is InChI=1S/C31H46O4/c1-28-15-9-20(30(34-3)11-5-6-12-30)17-21(28)18-24(32)26-22(28)10-16-29(2)23(26)19-25(33)27(29)31(35-4)13-7-8-14-31/h18,20,22-23,26-27H,5-17,19H2,1-4H3/t20-,22?,23?,26?,27-,28-,29-/m0/s1. The topological polar surface area (TPSA) is 52.6 Å². The molecule has 0 bridgehead atoms. The molecule has 0 amide bonds. The molecule has 0 aliphatic heterocycles. The molecule has 0 saturated heterocycles. The summed E-state index contributed by atoms with van der Waals surface area (Å²) >= 11 is 0. The molecule has 194 valence electrons. The first-order chi connectivity index (χ1) is 16.7. The fourth-order valence-electron chi connectivity index (χ4n) is 10.9. The lowest BCUT2D eigenvalue weighted by Crippen LogP contribution is -2.56. The van der Waals surface area contributed by atoms with Crippen LogP contribution in [0.3, 0.4) is 0 Å². The first-order valence-corrected chi connectivity index (χ1v) is 14.6. The monoisotopic (exact) mass is 482 g/mol. The normalized spacial score (nSPS) is 46.2. The minimum atomic E-state index is -0.302. The van der Waals surface area contributed by atoms with Crippen molar-refractivity contribution in [3.63, 3.8) is 0 Å². The van der Waals surface area contributed by atoms with Crippen molar-refractivity contribution >= 4 is 11.6 Å². The third-order valence-corrected chi connectivity index (χ3v) is 12.8. The fraction of sp³-hybridized carbons (Fsp3) is 0.871. The summed E-state index contributed by atoms with van der Waals surface area (Å²) in [6.07, 6.45) is 17.3. The molecule has 4 heteroatoms. The molecule has 6 aliphatic rings. The summed E-state index contributed by atoms with van der Waals surface area (Å²) in [5.41, 5.74) is 1.10. The second kappa shape index (κ2) is 8.25. The maximum Gasteiger partial charge on any atom is 0.159 e. The minimum absolute atomic E-state index is 0.00572. The van der Waals surface area contributed by atoms with Gasteiger partial charge in [0, 0.05) is 26.6 Å². The van der Waals surface area contributed by atoms with E-state index in [1.54, 1.807) is 0 Å². The molecule has 3 unspecified atom stereocenters. The SMILES string of the molecule is COC1([C@H]2CC[C@@]3(C)C(=CC(=O)C4C3CC[C@@]3(C)C4CC(=O)[C@@H]3C3(OC)CCCC3)C2)CCCC1. The molecule has 0 spiro atoms. The third-order valence-electron chi connectivity index (χ3n) is 12.8. The van der Waals surface area contributed by atoms with E-state index in [9.17, 15) is 9.59 Å². The van der Waals surface area contributed by atoms with Crippen molar-refractivity contribution in [3.8, 4) is 0 Å². The number of hydrogen-bond donors (Lipinski definition) is 0. The lowest BCUT2D eigenvalue weighted by molar-refractivity contribution is -0.152. The largest absolute Gasteiger partial charge is 0.378 e. The van der Waals surface area contributed by atoms with Gasteiger partial charge in [-0.2, -0.15) is 0 Å². The van der Waals surface area contributed by atoms with E-state index in [2.05, 4.69) is 19.9 Å². The summed E-state index contributed by atoms with van der Waals surface area (Å²) in [5, 5.41) is 0. The molecule has 5 saturated carbocycles. The highest BCUT2D eigenvalue weighted by molar-refractivity contribution is 5.96. The highest BCUT2D eigenvalue weighted by Crippen LogP contribution is 2.68. The Morgan fingerprint density at radius 2 is 1.40 bits per heavy atom. The van der Waals surface area contributed by atoms with Crippen LogP contribution in [0.1, 0.15) is 104 Å². The molecule has 7 atom stereocenters. The van der Waals surface area contributed by atoms with E-state index in [-0.39, 0.29) is 39.8 Å². The Morgan fingerprint density at radius 3 is 2.03 bits per heavy atom. The Kier molecular flexibility index (Phi) is 5.74. The summed E-state index contributed by atoms with van der Waals surface area (Å²) in [7, 11) is 3.72. The Balaban J connectivity index is 1.32. The van der Waals surface area contributed by atoms with Gasteiger partial charge in [-0.15, -0.1) is 0 Å². The molecule has 0 radical (unpaired) electrons. The van der Waals surface area contributed by atoms with Gasteiger partial charge in [-0.25, -0.2) is 0 Å². The van der Waals surface area contributed by atoms with Crippen LogP contribution in [0.5, 0.6) is 0 Å². The summed E-state index contributed by atoms with van der Waals surface area (Å²) in [6.45, 7) is 4.80. The Bertz CT molecular complexity index is 922. The highest BCUT2D eigenvalue weighted by atomic mass is 16.5. The van der Waals surface area contributed by atoms with Crippen LogP contribution < -0.4 is 0 Å². The zero-order chi connectivity index (χ0) is 24.6. The number of methoxy groups -OCH3 is 2. The maximum atomic E-state index is 13.9. The van der Waals surface area contributed by atoms with Crippen LogP contribution in [0.4, 0.5) is 0 Å². The van der Waals surface area contributed by atoms with Gasteiger partial charge in [0.15, 0.2) is 5.78 Å². The van der Waals surface area contributed by atoms with Gasteiger partial charge in [0.25, 0.3) is 0 Å². The number of hydrogen-bond acceptors (Lipinski definition) is 4. The van der Waals surface area contributed by atoms with Gasteiger partial charge < -0.3 is 9.47 Å². The van der Waals surface area contributed by atoms with Crippen LogP contribution in [0.25, 0.3) is 0 Å². The first-order valence-electron chi connectivity index (χ1n) is 14.6. The molecule has 0 aromatic rings. The van der Waals surface area contributed by atoms with Gasteiger partial charge in [0.05, 0.1) is 17.1 Å². The lowest BCUT2D eigenvalue weighted by Gasteiger charge is -2.58. The van der Waals surface area contributed by atoms with E-state index in [1.165, 1.54) is 37.7 Å². The van der Waals surface area contributed by atoms with E-state index in [1.807, 2.05) is 14.2 Å². The fourth-order valence-corrected chi connectivity index (χ4v) is 10.9. The van der Waals surface area contributed by atoms with Crippen LogP contribution >= 0.6 is 0 Å². The Hall–Kier alpha value is -1.00. The van der Waals surface area contributed by atoms with Crippen molar-refractivity contribution in [1.29, 1.82) is 0 Å². The smallest absolute Gasteiger partial charge is 0.159 e. The van der Waals surface area contributed by atoms with Crippen molar-refractivity contribution in [2.75, 3.05) is 14.2 Å². The molecule has 0 aromatic heterocycles. The van der Waals surface area contributed by atoms with Crippen molar-refractivity contribution in [2.45, 2.75) is 115 Å². The van der Waals surface area contributed by atoms with Crippen molar-refractivity contribution in [2.24, 2.45) is 40.4 Å². The minimum Gasteiger partial charge on any atom is -0.378 e. The average Bonchev–Trinajstić information content (AvgIpc) is 3.57. The van der Waals surface area contributed by atoms with E-state index in [0.717, 1.165) is 51.4 Å². The molecule has 0 heterocycles. The molecule has 5 fully saturated rings. The molecule has 35 heavy (non-hydrogen) atoms. The highest BCUT2D eigenvalue weighted by Gasteiger charge is 2.67. The zero-order valence-electron chi connectivity index (χ0n) is 22.5. The molecule has 0 aromatic carbocycles. The van der Waals surface area contributed by atoms with Gasteiger partial charge in [-0.05, 0) is 92.4 Å². The predicted octanol–water partition coefficient (Wildman–Crippen LogP) is 6.46. The van der Waals surface area contributed by atoms with E-state index >= 15 is 0 Å². The number of carbonyl (C=O) groups excluding carboxylic acids is 2. The third kappa shape index (κ3) is 3.24. The molecular weight excluding hydrogens is 436 g/mol. The molecular formula is C31H46O4. The molecule has 6 aliphatic carbocycles. The lowest BCUT2D eigenvalue weighted by atomic mass is 9.45. The van der Waals surface area contributed by atoms with Gasteiger partial charge in [-0.1, -0.05) is 45.1 Å². The second-order valence-electron chi connectivity index (χ2n) is 13.8. The van der Waals surface area contributed by atoms with Crippen molar-refractivity contribution in [1.82, 2.24) is 0 Å². The maximum absolute atomic E-state index is 13.9. The molecule has 4 nitrogen and oxygen atoms in total. The zero-order valence-corrected chi connectivity index (χ0v) is 22.5. The summed E-state index contributed by atoms with van der Waals surface area (Å²) in [5.74, 6) is 1.75. The van der Waals surface area contributed by atoms with E-state index < -0.39 is 0 Å². The van der Waals surface area contributed by atoms with Crippen molar-refractivity contribution < 1.29 is 19.1 Å². The van der Waals surface area contributed by atoms with Crippen molar-refractivity contribution in [3.05, 3.63) is 11.6 Å². The average molecular weight is 483 g/mol. The van der Waals surface area contributed by atoms with Gasteiger partial charge >= 0.3 is 0 Å². The number of carbonyl (C=O) groups is 2. The van der Waals surface area contributed by atoms with E-state index in [4.69, 9.17) is 9.47 Å². The molecule has 6 rings (SSSR count). The van der Waals surface area contributed by atoms with Crippen LogP contribution in [0.15, 0.2) is 11.6 Å². The molecule has 0 N–H and O–H groups in total. The number of Topliss-reactive ketones (excluding diaryl/α,β-unsaturated/α-hetero) is 1. The van der Waals surface area contributed by atoms with Gasteiger partial charge in [0.2, 0.25) is 0 Å². The number of rotatable bonds is 4. The van der Waals surface area contributed by atoms with Crippen LogP contribution in [0.2, 0.25) is 0 Å². The summed E-state index contributed by atoms with van der Waals surface area (Å²) in [6, 6.07) is 0. The number of fused-ring (bicyclic) bond motifs is 5. The Labute approximate surface area is 212 Å². The number of ketones is 2. The van der Waals surface area contributed by atoms with Gasteiger partial charge in [-0.3, -0.25) is 9.59 Å². The van der Waals surface area contributed by atoms with Crippen LogP contribution in [-0.4, -0.2) is 37.0 Å². The van der Waals surface area contributed by atoms with Crippen LogP contribution in [0, 0.1) is 40.4 Å². The number of ether oxygens (including phenoxy) is 2.